The number of H-pyrrole nitrogens is 1. The minimum atomic E-state index is -0.157. The lowest BCUT2D eigenvalue weighted by Gasteiger charge is -2.27. The molecule has 1 amide bonds. The Labute approximate surface area is 193 Å². The van der Waals surface area contributed by atoms with Crippen molar-refractivity contribution >= 4 is 16.8 Å². The molecule has 1 aromatic carbocycles. The number of rotatable bonds is 9. The molecule has 0 saturated carbocycles. The highest BCUT2D eigenvalue weighted by Gasteiger charge is 2.16. The molecule has 1 fully saturated rings. The Hall–Kier alpha value is -3.26. The Morgan fingerprint density at radius 3 is 2.70 bits per heavy atom. The molecule has 0 radical (unpaired) electrons. The van der Waals surface area contributed by atoms with Crippen LogP contribution in [0, 0.1) is 0 Å². The van der Waals surface area contributed by atoms with Crippen molar-refractivity contribution < 1.29 is 14.3 Å². The molecule has 1 saturated heterocycles. The normalized spacial score (nSPS) is 14.4. The minimum Gasteiger partial charge on any atom is -0.497 e. The summed E-state index contributed by atoms with van der Waals surface area (Å²) in [7, 11) is 3.13. The summed E-state index contributed by atoms with van der Waals surface area (Å²) >= 11 is 0. The van der Waals surface area contributed by atoms with E-state index in [0.29, 0.717) is 19.5 Å². The average molecular weight is 453 g/mol. The third-order valence-corrected chi connectivity index (χ3v) is 6.24. The number of fused-ring (bicyclic) bond motifs is 1. The number of nitrogens with one attached hydrogen (secondary N) is 2. The third kappa shape index (κ3) is 5.57. The molecule has 3 heterocycles. The van der Waals surface area contributed by atoms with E-state index in [1.165, 1.54) is 26.4 Å². The summed E-state index contributed by atoms with van der Waals surface area (Å²) in [4.78, 5) is 30.7. The van der Waals surface area contributed by atoms with Crippen molar-refractivity contribution in [3.63, 3.8) is 0 Å². The van der Waals surface area contributed by atoms with Crippen LogP contribution in [0.15, 0.2) is 41.5 Å². The number of aromatic amines is 1. The van der Waals surface area contributed by atoms with Gasteiger partial charge in [-0.1, -0.05) is 6.42 Å². The molecule has 176 valence electrons. The van der Waals surface area contributed by atoms with E-state index in [1.54, 1.807) is 19.4 Å². The van der Waals surface area contributed by atoms with Crippen LogP contribution in [0.1, 0.15) is 30.5 Å². The highest BCUT2D eigenvalue weighted by Crippen LogP contribution is 2.23. The van der Waals surface area contributed by atoms with Crippen LogP contribution < -0.4 is 20.2 Å². The fourth-order valence-corrected chi connectivity index (χ4v) is 4.42. The molecule has 1 aliphatic heterocycles. The number of carbonyl (C=O) groups is 1. The molecule has 0 bridgehead atoms. The number of nitrogens with zero attached hydrogens (tertiary/aromatic N) is 2. The Bertz CT molecular complexity index is 1160. The van der Waals surface area contributed by atoms with Crippen LogP contribution in [-0.2, 0) is 24.3 Å². The van der Waals surface area contributed by atoms with Crippen LogP contribution in [0.2, 0.25) is 0 Å². The summed E-state index contributed by atoms with van der Waals surface area (Å²) in [5.74, 6) is 0.955. The Kier molecular flexibility index (Phi) is 7.34. The second kappa shape index (κ2) is 10.6. The third-order valence-electron chi connectivity index (χ3n) is 6.24. The zero-order valence-electron chi connectivity index (χ0n) is 19.4. The van der Waals surface area contributed by atoms with Crippen molar-refractivity contribution in [3.05, 3.63) is 58.1 Å². The first-order valence-corrected chi connectivity index (χ1v) is 11.5. The van der Waals surface area contributed by atoms with Crippen LogP contribution >= 0.6 is 0 Å². The smallest absolute Gasteiger partial charge is 0.239 e. The highest BCUT2D eigenvalue weighted by molar-refractivity contribution is 5.84. The van der Waals surface area contributed by atoms with Crippen molar-refractivity contribution in [2.45, 2.75) is 38.8 Å². The highest BCUT2D eigenvalue weighted by atomic mass is 16.5. The summed E-state index contributed by atoms with van der Waals surface area (Å²) in [6, 6.07) is 7.51. The predicted molar refractivity (Wildman–Crippen MR) is 128 cm³/mol. The predicted octanol–water partition coefficient (Wildman–Crippen LogP) is 2.69. The van der Waals surface area contributed by atoms with Gasteiger partial charge in [0.05, 0.1) is 20.4 Å². The maximum absolute atomic E-state index is 12.7. The summed E-state index contributed by atoms with van der Waals surface area (Å²) in [5, 5.41) is 4.10. The van der Waals surface area contributed by atoms with E-state index in [4.69, 9.17) is 9.47 Å². The fourth-order valence-electron chi connectivity index (χ4n) is 4.42. The second-order valence-electron chi connectivity index (χ2n) is 8.49. The monoisotopic (exact) mass is 452 g/mol. The number of pyridine rings is 1. The van der Waals surface area contributed by atoms with Gasteiger partial charge in [-0.3, -0.25) is 14.5 Å². The molecule has 0 spiro atoms. The van der Waals surface area contributed by atoms with Gasteiger partial charge in [-0.05, 0) is 56.1 Å². The van der Waals surface area contributed by atoms with Crippen LogP contribution in [0.3, 0.4) is 0 Å². The minimum absolute atomic E-state index is 0.0991. The van der Waals surface area contributed by atoms with Gasteiger partial charge in [-0.25, -0.2) is 0 Å². The first-order valence-electron chi connectivity index (χ1n) is 11.5. The van der Waals surface area contributed by atoms with Gasteiger partial charge in [0.2, 0.25) is 11.3 Å². The quantitative estimate of drug-likeness (QED) is 0.521. The standard InChI is InChI=1S/C25H32N4O4/c1-32-20-6-7-22-21(13-20)18(14-27-22)8-9-26-25(31)17-29-16-24(33-2)23(30)12-19(29)15-28-10-4-3-5-11-28/h6-7,12-14,16,27H,3-5,8-11,15,17H2,1-2H3,(H,26,31). The van der Waals surface area contributed by atoms with E-state index in [2.05, 4.69) is 15.2 Å². The second-order valence-corrected chi connectivity index (χ2v) is 8.49. The average Bonchev–Trinajstić information content (AvgIpc) is 3.23. The number of likely N-dealkylation sites (tertiary alicyclic amines) is 1. The lowest BCUT2D eigenvalue weighted by molar-refractivity contribution is -0.121. The van der Waals surface area contributed by atoms with Crippen molar-refractivity contribution in [1.29, 1.82) is 0 Å². The topological polar surface area (TPSA) is 88.6 Å². The first-order chi connectivity index (χ1) is 16.1. The van der Waals surface area contributed by atoms with Gasteiger partial charge < -0.3 is 24.3 Å². The summed E-state index contributed by atoms with van der Waals surface area (Å²) < 4.78 is 12.4. The zero-order valence-corrected chi connectivity index (χ0v) is 19.4. The maximum Gasteiger partial charge on any atom is 0.239 e. The van der Waals surface area contributed by atoms with Gasteiger partial charge in [0.1, 0.15) is 12.3 Å². The van der Waals surface area contributed by atoms with Gasteiger partial charge in [-0.2, -0.15) is 0 Å². The van der Waals surface area contributed by atoms with E-state index >= 15 is 0 Å². The molecular weight excluding hydrogens is 420 g/mol. The van der Waals surface area contributed by atoms with Crippen molar-refractivity contribution in [1.82, 2.24) is 19.8 Å². The molecule has 8 heteroatoms. The van der Waals surface area contributed by atoms with Gasteiger partial charge in [-0.15, -0.1) is 0 Å². The fraction of sp³-hybridized carbons (Fsp3) is 0.440. The number of amides is 1. The van der Waals surface area contributed by atoms with E-state index in [0.717, 1.165) is 41.0 Å². The number of aromatic nitrogens is 2. The number of carbonyl (C=O) groups excluding carboxylic acids is 1. The summed E-state index contributed by atoms with van der Waals surface area (Å²) in [5.41, 5.74) is 2.84. The Morgan fingerprint density at radius 1 is 1.12 bits per heavy atom. The number of methoxy groups -OCH3 is 2. The van der Waals surface area contributed by atoms with E-state index in [9.17, 15) is 9.59 Å². The molecule has 0 unspecified atom stereocenters. The van der Waals surface area contributed by atoms with Crippen molar-refractivity contribution in [2.75, 3.05) is 33.9 Å². The van der Waals surface area contributed by atoms with Gasteiger partial charge >= 0.3 is 0 Å². The number of ether oxygens (including phenoxy) is 2. The molecule has 3 aromatic rings. The number of hydrogen-bond donors (Lipinski definition) is 2. The molecule has 33 heavy (non-hydrogen) atoms. The lowest BCUT2D eigenvalue weighted by atomic mass is 10.1. The molecule has 1 aliphatic rings. The molecule has 4 rings (SSSR count). The van der Waals surface area contributed by atoms with Crippen LogP contribution in [-0.4, -0.2) is 54.2 Å². The number of piperidine rings is 1. The molecular formula is C25H32N4O4. The summed E-state index contributed by atoms with van der Waals surface area (Å²) in [6.45, 7) is 3.34. The van der Waals surface area contributed by atoms with Crippen molar-refractivity contribution in [2.24, 2.45) is 0 Å². The van der Waals surface area contributed by atoms with Gasteiger partial charge in [0.15, 0.2) is 5.75 Å². The molecule has 2 N–H and O–H groups in total. The number of benzene rings is 1. The Balaban J connectivity index is 1.40. The number of hydrogen-bond acceptors (Lipinski definition) is 5. The Morgan fingerprint density at radius 2 is 1.94 bits per heavy atom. The van der Waals surface area contributed by atoms with Gasteiger partial charge in [0.25, 0.3) is 0 Å². The molecule has 0 aliphatic carbocycles. The van der Waals surface area contributed by atoms with Crippen LogP contribution in [0.4, 0.5) is 0 Å². The SMILES string of the molecule is COc1ccc2[nH]cc(CCNC(=O)Cn3cc(OC)c(=O)cc3CN3CCCCC3)c2c1. The van der Waals surface area contributed by atoms with Crippen LogP contribution in [0.25, 0.3) is 10.9 Å². The van der Waals surface area contributed by atoms with Crippen molar-refractivity contribution in [3.8, 4) is 11.5 Å². The van der Waals surface area contributed by atoms with Gasteiger partial charge in [0, 0.05) is 41.9 Å². The zero-order chi connectivity index (χ0) is 23.2. The summed E-state index contributed by atoms with van der Waals surface area (Å²) in [6.07, 6.45) is 7.90. The molecule has 0 atom stereocenters. The maximum atomic E-state index is 12.7. The molecule has 2 aromatic heterocycles. The molecule has 8 nitrogen and oxygen atoms in total. The van der Waals surface area contributed by atoms with E-state index < -0.39 is 0 Å². The largest absolute Gasteiger partial charge is 0.497 e. The lowest BCUT2D eigenvalue weighted by Crippen LogP contribution is -2.34. The van der Waals surface area contributed by atoms with Crippen LogP contribution in [0.5, 0.6) is 11.5 Å². The van der Waals surface area contributed by atoms with E-state index in [1.807, 2.05) is 29.0 Å². The van der Waals surface area contributed by atoms with E-state index in [-0.39, 0.29) is 23.6 Å². The first kappa shape index (κ1) is 22.9.